The molecule has 0 N–H and O–H groups in total. The predicted octanol–water partition coefficient (Wildman–Crippen LogP) is 3.00. The molecule has 0 unspecified atom stereocenters. The highest BCUT2D eigenvalue weighted by molar-refractivity contribution is 4.79. The number of hydrogen-bond acceptors (Lipinski definition) is 4. The largest absolute Gasteiger partial charge is 0.499 e. The Bertz CT molecular complexity index is 319. The van der Waals surface area contributed by atoms with Crippen LogP contribution in [0.1, 0.15) is 39.5 Å². The quantitative estimate of drug-likeness (QED) is 0.481. The zero-order chi connectivity index (χ0) is 16.5. The molecule has 0 bridgehead atoms. The molecular weight excluding hydrogens is 288 g/mol. The summed E-state index contributed by atoms with van der Waals surface area (Å²) in [6.07, 6.45) is 6.81. The summed E-state index contributed by atoms with van der Waals surface area (Å²) >= 11 is 0. The number of hydrogen-bond donors (Lipinski definition) is 0. The van der Waals surface area contributed by atoms with E-state index >= 15 is 0 Å². The molecule has 4 heteroatoms. The Labute approximate surface area is 142 Å². The summed E-state index contributed by atoms with van der Waals surface area (Å²) in [7, 11) is 0. The molecule has 134 valence electrons. The van der Waals surface area contributed by atoms with Crippen LogP contribution in [0.4, 0.5) is 0 Å². The zero-order valence-corrected chi connectivity index (χ0v) is 15.2. The fraction of sp³-hybridized carbons (Fsp3) is 0.895. The molecule has 2 saturated heterocycles. The van der Waals surface area contributed by atoms with Crippen LogP contribution in [0.25, 0.3) is 0 Å². The number of piperidine rings is 2. The molecule has 0 aromatic heterocycles. The Morgan fingerprint density at radius 1 is 1.00 bits per heavy atom. The van der Waals surface area contributed by atoms with Crippen LogP contribution in [0.15, 0.2) is 12.8 Å². The molecule has 0 aromatic carbocycles. The maximum Gasteiger partial charge on any atom is 0.111 e. The SMILES string of the molecule is C=COCCOCC1CCN(CC2CCN(C(C)C)CC2)CC1. The van der Waals surface area contributed by atoms with Crippen molar-refractivity contribution in [3.8, 4) is 0 Å². The van der Waals surface area contributed by atoms with E-state index in [9.17, 15) is 0 Å². The van der Waals surface area contributed by atoms with E-state index in [1.165, 1.54) is 64.7 Å². The molecule has 0 saturated carbocycles. The van der Waals surface area contributed by atoms with Crippen LogP contribution in [0, 0.1) is 11.8 Å². The van der Waals surface area contributed by atoms with E-state index in [1.54, 1.807) is 0 Å². The minimum atomic E-state index is 0.622. The summed E-state index contributed by atoms with van der Waals surface area (Å²) in [6, 6.07) is 0.712. The molecule has 0 spiro atoms. The van der Waals surface area contributed by atoms with Crippen molar-refractivity contribution in [1.29, 1.82) is 0 Å². The fourth-order valence-electron chi connectivity index (χ4n) is 3.79. The van der Waals surface area contributed by atoms with Crippen LogP contribution in [0.3, 0.4) is 0 Å². The molecule has 2 aliphatic heterocycles. The van der Waals surface area contributed by atoms with Gasteiger partial charge in [-0.05, 0) is 77.5 Å². The first-order valence-electron chi connectivity index (χ1n) is 9.45. The van der Waals surface area contributed by atoms with Crippen molar-refractivity contribution in [3.63, 3.8) is 0 Å². The van der Waals surface area contributed by atoms with Gasteiger partial charge in [0, 0.05) is 19.2 Å². The zero-order valence-electron chi connectivity index (χ0n) is 15.2. The molecular formula is C19H36N2O2. The molecule has 0 amide bonds. The van der Waals surface area contributed by atoms with Crippen LogP contribution in [0.2, 0.25) is 0 Å². The average molecular weight is 325 g/mol. The van der Waals surface area contributed by atoms with Crippen molar-refractivity contribution in [3.05, 3.63) is 12.8 Å². The third kappa shape index (κ3) is 6.82. The van der Waals surface area contributed by atoms with Crippen molar-refractivity contribution in [1.82, 2.24) is 9.80 Å². The normalized spacial score (nSPS) is 22.6. The van der Waals surface area contributed by atoms with Gasteiger partial charge in [0.15, 0.2) is 0 Å². The Kier molecular flexibility index (Phi) is 8.41. The lowest BCUT2D eigenvalue weighted by atomic mass is 9.92. The second-order valence-electron chi connectivity index (χ2n) is 7.43. The van der Waals surface area contributed by atoms with Crippen molar-refractivity contribution in [2.24, 2.45) is 11.8 Å². The molecule has 0 atom stereocenters. The van der Waals surface area contributed by atoms with E-state index in [-0.39, 0.29) is 0 Å². The molecule has 2 heterocycles. The number of ether oxygens (including phenoxy) is 2. The van der Waals surface area contributed by atoms with Crippen molar-refractivity contribution in [2.45, 2.75) is 45.6 Å². The Morgan fingerprint density at radius 3 is 2.26 bits per heavy atom. The highest BCUT2D eigenvalue weighted by Crippen LogP contribution is 2.23. The van der Waals surface area contributed by atoms with Crippen molar-refractivity contribution >= 4 is 0 Å². The predicted molar refractivity (Wildman–Crippen MR) is 95.6 cm³/mol. The molecule has 4 nitrogen and oxygen atoms in total. The van der Waals surface area contributed by atoms with Crippen molar-refractivity contribution < 1.29 is 9.47 Å². The molecule has 0 aliphatic carbocycles. The number of nitrogens with zero attached hydrogens (tertiary/aromatic N) is 2. The van der Waals surface area contributed by atoms with Gasteiger partial charge in [0.1, 0.15) is 6.61 Å². The summed E-state index contributed by atoms with van der Waals surface area (Å²) in [5.74, 6) is 1.65. The first kappa shape index (κ1) is 18.8. The van der Waals surface area contributed by atoms with Gasteiger partial charge in [-0.2, -0.15) is 0 Å². The maximum absolute atomic E-state index is 5.70. The second-order valence-corrected chi connectivity index (χ2v) is 7.43. The molecule has 23 heavy (non-hydrogen) atoms. The first-order valence-corrected chi connectivity index (χ1v) is 9.45. The lowest BCUT2D eigenvalue weighted by molar-refractivity contribution is 0.0376. The van der Waals surface area contributed by atoms with Gasteiger partial charge in [-0.25, -0.2) is 0 Å². The van der Waals surface area contributed by atoms with E-state index in [1.807, 2.05) is 0 Å². The highest BCUT2D eigenvalue weighted by atomic mass is 16.5. The van der Waals surface area contributed by atoms with E-state index in [2.05, 4.69) is 30.2 Å². The lowest BCUT2D eigenvalue weighted by Gasteiger charge is -2.38. The van der Waals surface area contributed by atoms with E-state index < -0.39 is 0 Å². The number of rotatable bonds is 9. The minimum Gasteiger partial charge on any atom is -0.499 e. The smallest absolute Gasteiger partial charge is 0.111 e. The fourth-order valence-corrected chi connectivity index (χ4v) is 3.79. The molecule has 0 aromatic rings. The maximum atomic E-state index is 5.70. The van der Waals surface area contributed by atoms with Gasteiger partial charge >= 0.3 is 0 Å². The lowest BCUT2D eigenvalue weighted by Crippen LogP contribution is -2.43. The van der Waals surface area contributed by atoms with Gasteiger partial charge in [-0.3, -0.25) is 0 Å². The van der Waals surface area contributed by atoms with Gasteiger partial charge in [0.2, 0.25) is 0 Å². The summed E-state index contributed by atoms with van der Waals surface area (Å²) in [5.41, 5.74) is 0. The number of likely N-dealkylation sites (tertiary alicyclic amines) is 2. The molecule has 2 aliphatic rings. The highest BCUT2D eigenvalue weighted by Gasteiger charge is 2.25. The summed E-state index contributed by atoms with van der Waals surface area (Å²) in [6.45, 7) is 16.8. The van der Waals surface area contributed by atoms with Crippen LogP contribution in [0.5, 0.6) is 0 Å². The molecule has 2 rings (SSSR count). The van der Waals surface area contributed by atoms with Crippen LogP contribution in [-0.2, 0) is 9.47 Å². The first-order chi connectivity index (χ1) is 11.2. The standard InChI is InChI=1S/C19H36N2O2/c1-4-22-13-14-23-16-19-5-9-20(10-6-19)15-18-7-11-21(12-8-18)17(2)3/h4,17-19H,1,5-16H2,2-3H3. The topological polar surface area (TPSA) is 24.9 Å². The Morgan fingerprint density at radius 2 is 1.65 bits per heavy atom. The summed E-state index contributed by atoms with van der Waals surface area (Å²) in [4.78, 5) is 5.31. The van der Waals surface area contributed by atoms with Gasteiger partial charge in [0.05, 0.1) is 12.9 Å². The Balaban J connectivity index is 1.54. The summed E-state index contributed by atoms with van der Waals surface area (Å²) in [5, 5.41) is 0. The van der Waals surface area contributed by atoms with Crippen molar-refractivity contribution in [2.75, 3.05) is 52.5 Å². The van der Waals surface area contributed by atoms with Gasteiger partial charge in [0.25, 0.3) is 0 Å². The summed E-state index contributed by atoms with van der Waals surface area (Å²) < 4.78 is 10.8. The molecule has 0 radical (unpaired) electrons. The average Bonchev–Trinajstić information content (AvgIpc) is 2.57. The van der Waals surface area contributed by atoms with Crippen LogP contribution >= 0.6 is 0 Å². The molecule has 2 fully saturated rings. The van der Waals surface area contributed by atoms with Gasteiger partial charge in [-0.1, -0.05) is 6.58 Å². The van der Waals surface area contributed by atoms with E-state index in [0.29, 0.717) is 19.3 Å². The monoisotopic (exact) mass is 324 g/mol. The minimum absolute atomic E-state index is 0.622. The van der Waals surface area contributed by atoms with E-state index in [4.69, 9.17) is 9.47 Å². The van der Waals surface area contributed by atoms with E-state index in [0.717, 1.165) is 18.4 Å². The Hall–Kier alpha value is -0.580. The van der Waals surface area contributed by atoms with Crippen LogP contribution < -0.4 is 0 Å². The third-order valence-electron chi connectivity index (χ3n) is 5.42. The second kappa shape index (κ2) is 10.3. The van der Waals surface area contributed by atoms with Crippen LogP contribution in [-0.4, -0.2) is 68.4 Å². The third-order valence-corrected chi connectivity index (χ3v) is 5.42. The van der Waals surface area contributed by atoms with Gasteiger partial charge < -0.3 is 19.3 Å². The van der Waals surface area contributed by atoms with Gasteiger partial charge in [-0.15, -0.1) is 0 Å².